The van der Waals surface area contributed by atoms with Crippen molar-refractivity contribution in [3.8, 4) is 16.9 Å². The summed E-state index contributed by atoms with van der Waals surface area (Å²) >= 11 is 0. The van der Waals surface area contributed by atoms with Crippen LogP contribution in [0.15, 0.2) is 91.1 Å². The predicted molar refractivity (Wildman–Crippen MR) is 133 cm³/mol. The van der Waals surface area contributed by atoms with Crippen LogP contribution in [0.2, 0.25) is 0 Å². The molecule has 2 heterocycles. The first kappa shape index (κ1) is 22.3. The van der Waals surface area contributed by atoms with Crippen molar-refractivity contribution in [2.45, 2.75) is 19.4 Å². The normalized spacial score (nSPS) is 13.3. The molecule has 35 heavy (non-hydrogen) atoms. The van der Waals surface area contributed by atoms with Crippen LogP contribution in [-0.4, -0.2) is 39.4 Å². The van der Waals surface area contributed by atoms with Crippen molar-refractivity contribution in [2.75, 3.05) is 11.9 Å². The van der Waals surface area contributed by atoms with Crippen LogP contribution in [0.25, 0.3) is 16.9 Å². The Morgan fingerprint density at radius 2 is 1.43 bits per heavy atom. The molecule has 1 aliphatic rings. The molecule has 7 nitrogen and oxygen atoms in total. The molecule has 0 radical (unpaired) electrons. The van der Waals surface area contributed by atoms with Crippen molar-refractivity contribution in [1.82, 2.24) is 14.7 Å². The smallest absolute Gasteiger partial charge is 0.253 e. The van der Waals surface area contributed by atoms with Crippen LogP contribution in [0.5, 0.6) is 0 Å². The average molecular weight is 465 g/mol. The van der Waals surface area contributed by atoms with Gasteiger partial charge < -0.3 is 4.90 Å². The summed E-state index contributed by atoms with van der Waals surface area (Å²) in [6, 6.07) is 26.3. The van der Waals surface area contributed by atoms with Crippen LogP contribution < -0.4 is 4.90 Å². The highest BCUT2D eigenvalue weighted by Crippen LogP contribution is 2.26. The average Bonchev–Trinajstić information content (AvgIpc) is 3.47. The number of benzene rings is 3. The molecule has 1 aromatic heterocycles. The number of carbonyl (C=O) groups excluding carboxylic acids is 3. The number of nitrogens with zero attached hydrogens (tertiary/aromatic N) is 4. The van der Waals surface area contributed by atoms with E-state index in [4.69, 9.17) is 5.10 Å². The molecule has 174 valence electrons. The van der Waals surface area contributed by atoms with E-state index in [0.29, 0.717) is 17.8 Å². The highest BCUT2D eigenvalue weighted by molar-refractivity contribution is 6.19. The van der Waals surface area contributed by atoms with E-state index in [0.717, 1.165) is 22.5 Å². The Kier molecular flexibility index (Phi) is 5.97. The minimum Gasteiger partial charge on any atom is -0.337 e. The van der Waals surface area contributed by atoms with Crippen LogP contribution in [0.3, 0.4) is 0 Å². The molecular formula is C28H24N4O3. The van der Waals surface area contributed by atoms with E-state index in [1.54, 1.807) is 36.2 Å². The molecule has 0 spiro atoms. The minimum absolute atomic E-state index is 0.165. The van der Waals surface area contributed by atoms with Gasteiger partial charge in [-0.2, -0.15) is 5.10 Å². The molecule has 1 aliphatic heterocycles. The lowest BCUT2D eigenvalue weighted by atomic mass is 10.1. The Morgan fingerprint density at radius 3 is 2.06 bits per heavy atom. The maximum atomic E-state index is 13.2. The van der Waals surface area contributed by atoms with Gasteiger partial charge in [0.1, 0.15) is 0 Å². The Morgan fingerprint density at radius 1 is 0.829 bits per heavy atom. The summed E-state index contributed by atoms with van der Waals surface area (Å²) < 4.78 is 1.83. The summed E-state index contributed by atoms with van der Waals surface area (Å²) in [6.07, 6.45) is 2.40. The lowest BCUT2D eigenvalue weighted by Crippen LogP contribution is -2.29. The van der Waals surface area contributed by atoms with Gasteiger partial charge in [-0.3, -0.25) is 19.3 Å². The van der Waals surface area contributed by atoms with Crippen molar-refractivity contribution in [3.05, 3.63) is 102 Å². The molecule has 5 rings (SSSR count). The van der Waals surface area contributed by atoms with Crippen LogP contribution in [-0.2, 0) is 16.1 Å². The summed E-state index contributed by atoms with van der Waals surface area (Å²) in [4.78, 5) is 40.0. The Hall–Kier alpha value is -4.52. The monoisotopic (exact) mass is 464 g/mol. The van der Waals surface area contributed by atoms with Crippen molar-refractivity contribution >= 4 is 23.4 Å². The molecule has 1 saturated heterocycles. The van der Waals surface area contributed by atoms with Crippen LogP contribution in [0, 0.1) is 0 Å². The third kappa shape index (κ3) is 4.48. The summed E-state index contributed by atoms with van der Waals surface area (Å²) in [5.41, 5.74) is 4.62. The molecule has 3 aromatic carbocycles. The second-order valence-electron chi connectivity index (χ2n) is 8.48. The highest BCUT2D eigenvalue weighted by Gasteiger charge is 2.30. The van der Waals surface area contributed by atoms with E-state index in [1.165, 1.54) is 4.90 Å². The van der Waals surface area contributed by atoms with Gasteiger partial charge in [-0.15, -0.1) is 0 Å². The maximum absolute atomic E-state index is 13.2. The maximum Gasteiger partial charge on any atom is 0.253 e. The largest absolute Gasteiger partial charge is 0.337 e. The number of imide groups is 1. The van der Waals surface area contributed by atoms with Crippen LogP contribution >= 0.6 is 0 Å². The minimum atomic E-state index is -0.213. The first-order valence-electron chi connectivity index (χ1n) is 11.4. The van der Waals surface area contributed by atoms with E-state index in [2.05, 4.69) is 0 Å². The van der Waals surface area contributed by atoms with Crippen LogP contribution in [0.1, 0.15) is 28.8 Å². The van der Waals surface area contributed by atoms with E-state index in [1.807, 2.05) is 71.5 Å². The number of para-hydroxylation sites is 1. The molecule has 3 amide bonds. The molecule has 0 saturated carbocycles. The standard InChI is InChI=1S/C28H24N4O3/c1-30(28(35)21-12-14-24(15-13-21)32-25(33)16-17-26(32)34)18-22-19-31(23-10-6-3-7-11-23)29-27(22)20-8-4-2-5-9-20/h2-15,19H,16-18H2,1H3. The molecule has 1 fully saturated rings. The van der Waals surface area contributed by atoms with Gasteiger partial charge in [0, 0.05) is 49.3 Å². The Balaban J connectivity index is 1.39. The summed E-state index contributed by atoms with van der Waals surface area (Å²) in [7, 11) is 1.75. The molecule has 0 bridgehead atoms. The fourth-order valence-corrected chi connectivity index (χ4v) is 4.24. The van der Waals surface area contributed by atoms with E-state index in [9.17, 15) is 14.4 Å². The number of anilines is 1. The number of hydrogen-bond donors (Lipinski definition) is 0. The number of hydrogen-bond acceptors (Lipinski definition) is 4. The SMILES string of the molecule is CN(Cc1cn(-c2ccccc2)nc1-c1ccccc1)C(=O)c1ccc(N2C(=O)CCC2=O)cc1. The van der Waals surface area contributed by atoms with Crippen molar-refractivity contribution in [2.24, 2.45) is 0 Å². The number of carbonyl (C=O) groups is 3. The Labute approximate surface area is 203 Å². The van der Waals surface area contributed by atoms with E-state index >= 15 is 0 Å². The van der Waals surface area contributed by atoms with Gasteiger partial charge in [-0.05, 0) is 36.4 Å². The third-order valence-corrected chi connectivity index (χ3v) is 6.04. The first-order chi connectivity index (χ1) is 17.0. The molecule has 0 atom stereocenters. The second kappa shape index (κ2) is 9.38. The van der Waals surface area contributed by atoms with Gasteiger partial charge in [0.2, 0.25) is 11.8 Å². The number of amides is 3. The molecule has 0 unspecified atom stereocenters. The zero-order valence-corrected chi connectivity index (χ0v) is 19.3. The van der Waals surface area contributed by atoms with Gasteiger partial charge >= 0.3 is 0 Å². The van der Waals surface area contributed by atoms with Gasteiger partial charge in [0.25, 0.3) is 5.91 Å². The van der Waals surface area contributed by atoms with Gasteiger partial charge in [0.15, 0.2) is 0 Å². The lowest BCUT2D eigenvalue weighted by Gasteiger charge is -2.18. The van der Waals surface area contributed by atoms with Gasteiger partial charge in [0.05, 0.1) is 17.1 Å². The van der Waals surface area contributed by atoms with E-state index < -0.39 is 0 Å². The number of aromatic nitrogens is 2. The molecule has 4 aromatic rings. The highest BCUT2D eigenvalue weighted by atomic mass is 16.2. The Bertz CT molecular complexity index is 1360. The third-order valence-electron chi connectivity index (χ3n) is 6.04. The molecule has 7 heteroatoms. The lowest BCUT2D eigenvalue weighted by molar-refractivity contribution is -0.121. The quantitative estimate of drug-likeness (QED) is 0.395. The molecular weight excluding hydrogens is 440 g/mol. The summed E-state index contributed by atoms with van der Waals surface area (Å²) in [5.74, 6) is -0.591. The van der Waals surface area contributed by atoms with Crippen molar-refractivity contribution in [1.29, 1.82) is 0 Å². The van der Waals surface area contributed by atoms with Crippen molar-refractivity contribution in [3.63, 3.8) is 0 Å². The van der Waals surface area contributed by atoms with Crippen molar-refractivity contribution < 1.29 is 14.4 Å². The summed E-state index contributed by atoms with van der Waals surface area (Å²) in [5, 5.41) is 4.82. The summed E-state index contributed by atoms with van der Waals surface area (Å²) in [6.45, 7) is 0.362. The second-order valence-corrected chi connectivity index (χ2v) is 8.48. The topological polar surface area (TPSA) is 75.5 Å². The fourth-order valence-electron chi connectivity index (χ4n) is 4.24. The van der Waals surface area contributed by atoms with Gasteiger partial charge in [-0.25, -0.2) is 4.68 Å². The molecule has 0 N–H and O–H groups in total. The zero-order valence-electron chi connectivity index (χ0n) is 19.3. The van der Waals surface area contributed by atoms with E-state index in [-0.39, 0.29) is 30.6 Å². The van der Waals surface area contributed by atoms with Gasteiger partial charge in [-0.1, -0.05) is 48.5 Å². The molecule has 0 aliphatic carbocycles. The zero-order chi connectivity index (χ0) is 24.4. The predicted octanol–water partition coefficient (Wildman–Crippen LogP) is 4.46. The number of rotatable bonds is 6. The van der Waals surface area contributed by atoms with Crippen LogP contribution in [0.4, 0.5) is 5.69 Å². The first-order valence-corrected chi connectivity index (χ1v) is 11.4. The fraction of sp³-hybridized carbons (Fsp3) is 0.143.